The molecule has 1 N–H and O–H groups in total. The van der Waals surface area contributed by atoms with Crippen molar-refractivity contribution < 1.29 is 9.21 Å². The van der Waals surface area contributed by atoms with Gasteiger partial charge in [-0.3, -0.25) is 4.79 Å². The highest BCUT2D eigenvalue weighted by molar-refractivity contribution is 5.97. The minimum Gasteiger partial charge on any atom is -0.441 e. The van der Waals surface area contributed by atoms with Crippen LogP contribution in [0, 0.1) is 0 Å². The van der Waals surface area contributed by atoms with E-state index in [1.54, 1.807) is 6.07 Å². The van der Waals surface area contributed by atoms with E-state index in [1.807, 2.05) is 30.3 Å². The summed E-state index contributed by atoms with van der Waals surface area (Å²) in [4.78, 5) is 22.2. The Hall–Kier alpha value is -2.70. The molecule has 0 saturated carbocycles. The van der Waals surface area contributed by atoms with Gasteiger partial charge in [0.15, 0.2) is 11.5 Å². The maximum absolute atomic E-state index is 12.6. The lowest BCUT2D eigenvalue weighted by molar-refractivity contribution is 0.0948. The Morgan fingerprint density at radius 3 is 2.50 bits per heavy atom. The molecule has 170 valence electrons. The smallest absolute Gasteiger partial charge is 0.251 e. The van der Waals surface area contributed by atoms with Gasteiger partial charge in [-0.05, 0) is 56.1 Å². The molecule has 32 heavy (non-hydrogen) atoms. The fraction of sp³-hybridized carbons (Fsp3) is 0.462. The van der Waals surface area contributed by atoms with Gasteiger partial charge in [0.1, 0.15) is 5.52 Å². The molecule has 0 spiro atoms. The Labute approximate surface area is 190 Å². The Bertz CT molecular complexity index is 993. The van der Waals surface area contributed by atoms with Gasteiger partial charge in [0.05, 0.1) is 0 Å². The van der Waals surface area contributed by atoms with Crippen molar-refractivity contribution in [2.75, 3.05) is 45.8 Å². The van der Waals surface area contributed by atoms with Crippen molar-refractivity contribution in [1.82, 2.24) is 20.1 Å². The van der Waals surface area contributed by atoms with Crippen LogP contribution in [0.1, 0.15) is 41.6 Å². The number of nitrogens with one attached hydrogen (secondary N) is 1. The van der Waals surface area contributed by atoms with Gasteiger partial charge in [-0.25, -0.2) is 4.98 Å². The molecule has 4 rings (SSSR count). The quantitative estimate of drug-likeness (QED) is 0.492. The monoisotopic (exact) mass is 434 g/mol. The van der Waals surface area contributed by atoms with Crippen molar-refractivity contribution in [2.24, 2.45) is 0 Å². The van der Waals surface area contributed by atoms with Crippen LogP contribution in [0.4, 0.5) is 0 Å². The maximum Gasteiger partial charge on any atom is 0.251 e. The second-order valence-electron chi connectivity index (χ2n) is 8.57. The van der Waals surface area contributed by atoms with Crippen molar-refractivity contribution in [2.45, 2.75) is 32.6 Å². The van der Waals surface area contributed by atoms with E-state index >= 15 is 0 Å². The van der Waals surface area contributed by atoms with Crippen molar-refractivity contribution in [3.63, 3.8) is 0 Å². The van der Waals surface area contributed by atoms with Crippen molar-refractivity contribution >= 4 is 17.0 Å². The number of benzene rings is 2. The number of fused-ring (bicyclic) bond motifs is 1. The van der Waals surface area contributed by atoms with Crippen LogP contribution in [0.5, 0.6) is 0 Å². The summed E-state index contributed by atoms with van der Waals surface area (Å²) in [6.07, 6.45) is 3.82. The number of amides is 1. The van der Waals surface area contributed by atoms with E-state index in [-0.39, 0.29) is 5.91 Å². The molecule has 6 heteroatoms. The predicted molar refractivity (Wildman–Crippen MR) is 128 cm³/mol. The highest BCUT2D eigenvalue weighted by atomic mass is 16.3. The summed E-state index contributed by atoms with van der Waals surface area (Å²) in [6, 6.07) is 15.8. The number of rotatable bonds is 10. The summed E-state index contributed by atoms with van der Waals surface area (Å²) in [5.41, 5.74) is 3.35. The minimum atomic E-state index is -0.0538. The Balaban J connectivity index is 1.22. The lowest BCUT2D eigenvalue weighted by atomic mass is 10.1. The second-order valence-corrected chi connectivity index (χ2v) is 8.57. The van der Waals surface area contributed by atoms with Crippen LogP contribution in [0.2, 0.25) is 0 Å². The zero-order chi connectivity index (χ0) is 22.2. The lowest BCUT2D eigenvalue weighted by Crippen LogP contribution is -2.47. The molecule has 0 bridgehead atoms. The first-order valence-electron chi connectivity index (χ1n) is 11.9. The van der Waals surface area contributed by atoms with Gasteiger partial charge >= 0.3 is 0 Å². The van der Waals surface area contributed by atoms with Crippen LogP contribution >= 0.6 is 0 Å². The summed E-state index contributed by atoms with van der Waals surface area (Å²) in [5, 5.41) is 3.05. The van der Waals surface area contributed by atoms with Crippen LogP contribution in [0.3, 0.4) is 0 Å². The molecule has 0 unspecified atom stereocenters. The Morgan fingerprint density at radius 1 is 1.00 bits per heavy atom. The van der Waals surface area contributed by atoms with Crippen LogP contribution in [0.15, 0.2) is 52.9 Å². The molecular formula is C26H34N4O2. The predicted octanol–water partition coefficient (Wildman–Crippen LogP) is 3.76. The molecule has 2 heterocycles. The largest absolute Gasteiger partial charge is 0.441 e. The van der Waals surface area contributed by atoms with Gasteiger partial charge in [0.2, 0.25) is 0 Å². The van der Waals surface area contributed by atoms with E-state index in [4.69, 9.17) is 4.42 Å². The van der Waals surface area contributed by atoms with E-state index in [0.717, 1.165) is 57.5 Å². The summed E-state index contributed by atoms with van der Waals surface area (Å²) in [5.74, 6) is 0.655. The number of piperazine rings is 1. The first-order chi connectivity index (χ1) is 15.7. The number of carbonyl (C=O) groups excluding carboxylic acids is 1. The van der Waals surface area contributed by atoms with Gasteiger partial charge in [-0.15, -0.1) is 0 Å². The molecule has 0 atom stereocenters. The SMILES string of the molecule is CCCN1CCN(CCCNC(=O)c2ccc3nc(CCc4ccccc4)oc3c2)CC1. The average molecular weight is 435 g/mol. The fourth-order valence-electron chi connectivity index (χ4n) is 4.28. The summed E-state index contributed by atoms with van der Waals surface area (Å²) >= 11 is 0. The topological polar surface area (TPSA) is 61.6 Å². The molecule has 1 saturated heterocycles. The summed E-state index contributed by atoms with van der Waals surface area (Å²) in [7, 11) is 0. The van der Waals surface area contributed by atoms with Gasteiger partial charge in [0.25, 0.3) is 5.91 Å². The number of aryl methyl sites for hydroxylation is 2. The van der Waals surface area contributed by atoms with Gasteiger partial charge < -0.3 is 19.5 Å². The van der Waals surface area contributed by atoms with Gasteiger partial charge in [0, 0.05) is 44.7 Å². The number of hydrogen-bond donors (Lipinski definition) is 1. The van der Waals surface area contributed by atoms with Crippen molar-refractivity contribution in [1.29, 1.82) is 0 Å². The number of nitrogens with zero attached hydrogens (tertiary/aromatic N) is 3. The van der Waals surface area contributed by atoms with E-state index < -0.39 is 0 Å². The number of carbonyl (C=O) groups is 1. The Morgan fingerprint density at radius 2 is 1.75 bits per heavy atom. The number of hydrogen-bond acceptors (Lipinski definition) is 5. The van der Waals surface area contributed by atoms with Crippen LogP contribution in [-0.2, 0) is 12.8 Å². The molecule has 1 aromatic heterocycles. The molecule has 1 fully saturated rings. The fourth-order valence-corrected chi connectivity index (χ4v) is 4.28. The normalized spacial score (nSPS) is 15.3. The van der Waals surface area contributed by atoms with E-state index in [0.29, 0.717) is 23.6 Å². The number of oxazole rings is 1. The number of aromatic nitrogens is 1. The highest BCUT2D eigenvalue weighted by Gasteiger charge is 2.16. The molecular weight excluding hydrogens is 400 g/mol. The average Bonchev–Trinajstić information content (AvgIpc) is 3.24. The molecule has 3 aromatic rings. The van der Waals surface area contributed by atoms with Gasteiger partial charge in [-0.1, -0.05) is 37.3 Å². The first kappa shape index (κ1) is 22.5. The lowest BCUT2D eigenvalue weighted by Gasteiger charge is -2.34. The molecule has 1 aliphatic rings. The standard InChI is InChI=1S/C26H34N4O2/c1-2-14-29-16-18-30(19-17-29)15-6-13-27-26(31)22-10-11-23-24(20-22)32-25(28-23)12-9-21-7-4-3-5-8-21/h3-5,7-8,10-11,20H,2,6,9,12-19H2,1H3,(H,27,31). The maximum atomic E-state index is 12.6. The van der Waals surface area contributed by atoms with E-state index in [2.05, 4.69) is 39.2 Å². The summed E-state index contributed by atoms with van der Waals surface area (Å²) < 4.78 is 5.91. The van der Waals surface area contributed by atoms with E-state index in [1.165, 1.54) is 18.5 Å². The zero-order valence-electron chi connectivity index (χ0n) is 19.1. The third-order valence-electron chi connectivity index (χ3n) is 6.11. The molecule has 6 nitrogen and oxygen atoms in total. The molecule has 1 aliphatic heterocycles. The van der Waals surface area contributed by atoms with Gasteiger partial charge in [-0.2, -0.15) is 0 Å². The summed E-state index contributed by atoms with van der Waals surface area (Å²) in [6.45, 7) is 9.73. The molecule has 0 radical (unpaired) electrons. The third kappa shape index (κ3) is 6.17. The van der Waals surface area contributed by atoms with E-state index in [9.17, 15) is 4.79 Å². The van der Waals surface area contributed by atoms with Crippen molar-refractivity contribution in [3.8, 4) is 0 Å². The first-order valence-corrected chi connectivity index (χ1v) is 11.9. The molecule has 2 aromatic carbocycles. The van der Waals surface area contributed by atoms with Crippen LogP contribution in [-0.4, -0.2) is 66.5 Å². The van der Waals surface area contributed by atoms with Crippen LogP contribution < -0.4 is 5.32 Å². The second kappa shape index (κ2) is 11.2. The third-order valence-corrected chi connectivity index (χ3v) is 6.11. The highest BCUT2D eigenvalue weighted by Crippen LogP contribution is 2.19. The molecule has 1 amide bonds. The minimum absolute atomic E-state index is 0.0538. The molecule has 0 aliphatic carbocycles. The zero-order valence-corrected chi connectivity index (χ0v) is 19.1. The Kier molecular flexibility index (Phi) is 7.91. The van der Waals surface area contributed by atoms with Crippen LogP contribution in [0.25, 0.3) is 11.1 Å². The van der Waals surface area contributed by atoms with Crippen molar-refractivity contribution in [3.05, 3.63) is 65.5 Å².